The van der Waals surface area contributed by atoms with Crippen molar-refractivity contribution in [1.82, 2.24) is 9.97 Å². The molecule has 1 saturated heterocycles. The molecule has 0 spiro atoms. The largest absolute Gasteiger partial charge is 0.493 e. The van der Waals surface area contributed by atoms with E-state index in [0.717, 1.165) is 25.9 Å². The van der Waals surface area contributed by atoms with E-state index < -0.39 is 5.91 Å². The zero-order valence-electron chi connectivity index (χ0n) is 16.4. The van der Waals surface area contributed by atoms with E-state index in [2.05, 4.69) is 15.3 Å². The van der Waals surface area contributed by atoms with E-state index in [-0.39, 0.29) is 16.9 Å². The fraction of sp³-hybridized carbons (Fsp3) is 0.421. The average molecular weight is 386 g/mol. The number of carbonyl (C=O) groups excluding carboxylic acids is 1. The molecule has 150 valence electrons. The number of hydrogen-bond donors (Lipinski definition) is 3. The number of carbonyl (C=O) groups is 1. The summed E-state index contributed by atoms with van der Waals surface area (Å²) in [5.41, 5.74) is 12.8. The van der Waals surface area contributed by atoms with Gasteiger partial charge in [-0.15, -0.1) is 0 Å². The van der Waals surface area contributed by atoms with Gasteiger partial charge in [-0.05, 0) is 31.9 Å². The number of nitrogen functional groups attached to an aromatic ring is 1. The molecule has 2 heterocycles. The molecule has 0 atom stereocenters. The lowest BCUT2D eigenvalue weighted by molar-refractivity contribution is 0.102. The maximum Gasteiger partial charge on any atom is 0.260 e. The van der Waals surface area contributed by atoms with Crippen LogP contribution in [0.25, 0.3) is 0 Å². The number of nitrogens with one attached hydrogen (secondary N) is 1. The predicted molar refractivity (Wildman–Crippen MR) is 108 cm³/mol. The molecule has 2 aromatic rings. The van der Waals surface area contributed by atoms with E-state index in [1.54, 1.807) is 25.3 Å². The van der Waals surface area contributed by atoms with E-state index in [1.807, 2.05) is 11.8 Å². The van der Waals surface area contributed by atoms with Crippen LogP contribution < -0.4 is 31.2 Å². The Morgan fingerprint density at radius 2 is 1.89 bits per heavy atom. The van der Waals surface area contributed by atoms with Crippen LogP contribution in [-0.4, -0.2) is 48.7 Å². The third kappa shape index (κ3) is 4.25. The first-order valence-corrected chi connectivity index (χ1v) is 9.03. The topological polar surface area (TPSA) is 129 Å². The third-order valence-electron chi connectivity index (χ3n) is 4.88. The third-order valence-corrected chi connectivity index (χ3v) is 4.88. The number of benzene rings is 1. The Labute approximate surface area is 164 Å². The monoisotopic (exact) mass is 386 g/mol. The van der Waals surface area contributed by atoms with Crippen LogP contribution in [0.4, 0.5) is 17.5 Å². The number of methoxy groups -OCH3 is 2. The highest BCUT2D eigenvalue weighted by atomic mass is 16.5. The minimum absolute atomic E-state index is 0.129. The lowest BCUT2D eigenvalue weighted by Crippen LogP contribution is -2.48. The molecule has 1 aliphatic rings. The average Bonchev–Trinajstić information content (AvgIpc) is 2.67. The van der Waals surface area contributed by atoms with Gasteiger partial charge >= 0.3 is 0 Å². The number of nitrogens with zero attached hydrogens (tertiary/aromatic N) is 3. The molecule has 1 amide bonds. The molecule has 1 aliphatic heterocycles. The quantitative estimate of drug-likeness (QED) is 0.707. The highest BCUT2D eigenvalue weighted by molar-refractivity contribution is 6.07. The second-order valence-electron chi connectivity index (χ2n) is 7.13. The zero-order chi connectivity index (χ0) is 20.3. The summed E-state index contributed by atoms with van der Waals surface area (Å²) in [7, 11) is 3.08. The lowest BCUT2D eigenvalue weighted by Gasteiger charge is -2.36. The molecule has 0 saturated carbocycles. The molecule has 28 heavy (non-hydrogen) atoms. The van der Waals surface area contributed by atoms with Gasteiger partial charge in [0, 0.05) is 36.6 Å². The van der Waals surface area contributed by atoms with Gasteiger partial charge in [-0.25, -0.2) is 4.98 Å². The molecule has 9 nitrogen and oxygen atoms in total. The van der Waals surface area contributed by atoms with Crippen LogP contribution in [0.2, 0.25) is 0 Å². The molecular formula is C19H26N6O3. The minimum atomic E-state index is -0.399. The first kappa shape index (κ1) is 19.7. The van der Waals surface area contributed by atoms with Gasteiger partial charge < -0.3 is 31.2 Å². The molecule has 1 aromatic carbocycles. The van der Waals surface area contributed by atoms with Crippen LogP contribution in [0.15, 0.2) is 24.4 Å². The number of anilines is 3. The molecule has 0 radical (unpaired) electrons. The molecule has 3 rings (SSSR count). The highest BCUT2D eigenvalue weighted by Gasteiger charge is 2.27. The van der Waals surface area contributed by atoms with Gasteiger partial charge in [-0.1, -0.05) is 0 Å². The number of nitrogens with two attached hydrogens (primary N) is 2. The Balaban J connectivity index is 1.72. The van der Waals surface area contributed by atoms with Crippen LogP contribution in [-0.2, 0) is 0 Å². The van der Waals surface area contributed by atoms with Crippen LogP contribution in [0.3, 0.4) is 0 Å². The van der Waals surface area contributed by atoms with E-state index in [4.69, 9.17) is 20.9 Å². The van der Waals surface area contributed by atoms with Crippen molar-refractivity contribution in [3.8, 4) is 11.5 Å². The second-order valence-corrected chi connectivity index (χ2v) is 7.13. The summed E-state index contributed by atoms with van der Waals surface area (Å²) in [6.07, 6.45) is 3.14. The van der Waals surface area contributed by atoms with Crippen LogP contribution in [0.1, 0.15) is 30.1 Å². The van der Waals surface area contributed by atoms with Crippen molar-refractivity contribution in [2.45, 2.75) is 25.3 Å². The van der Waals surface area contributed by atoms with E-state index in [9.17, 15) is 4.79 Å². The van der Waals surface area contributed by atoms with Crippen molar-refractivity contribution in [2.24, 2.45) is 5.73 Å². The van der Waals surface area contributed by atoms with Gasteiger partial charge in [0.25, 0.3) is 5.91 Å². The first-order valence-electron chi connectivity index (χ1n) is 9.03. The van der Waals surface area contributed by atoms with E-state index in [1.165, 1.54) is 13.3 Å². The lowest BCUT2D eigenvalue weighted by atomic mass is 9.91. The van der Waals surface area contributed by atoms with Gasteiger partial charge in [0.05, 0.1) is 14.2 Å². The van der Waals surface area contributed by atoms with Crippen molar-refractivity contribution in [1.29, 1.82) is 0 Å². The molecule has 9 heteroatoms. The number of ether oxygens (including phenoxy) is 2. The maximum absolute atomic E-state index is 12.6. The van der Waals surface area contributed by atoms with Crippen molar-refractivity contribution in [3.63, 3.8) is 0 Å². The Hall–Kier alpha value is -3.07. The number of aromatic nitrogens is 2. The summed E-state index contributed by atoms with van der Waals surface area (Å²) in [5, 5.41) is 2.77. The SMILES string of the molecule is COc1ccc(NC(=O)c2cnc(N3CCC(C)(N)CC3)nc2N)cc1OC. The molecular weight excluding hydrogens is 360 g/mol. The fourth-order valence-corrected chi connectivity index (χ4v) is 3.04. The Bertz CT molecular complexity index is 861. The van der Waals surface area contributed by atoms with Gasteiger partial charge in [0.2, 0.25) is 5.95 Å². The fourth-order valence-electron chi connectivity index (χ4n) is 3.04. The number of hydrogen-bond acceptors (Lipinski definition) is 8. The van der Waals surface area contributed by atoms with Gasteiger partial charge in [-0.2, -0.15) is 4.98 Å². The van der Waals surface area contributed by atoms with Gasteiger partial charge in [-0.3, -0.25) is 4.79 Å². The standard InChI is InChI=1S/C19H26N6O3/c1-19(21)6-8-25(9-7-19)18-22-11-13(16(20)24-18)17(26)23-12-4-5-14(27-2)15(10-12)28-3/h4-5,10-11H,6-9,21H2,1-3H3,(H,23,26)(H2,20,22,24). The Morgan fingerprint density at radius 1 is 1.21 bits per heavy atom. The van der Waals surface area contributed by atoms with Crippen LogP contribution >= 0.6 is 0 Å². The van der Waals surface area contributed by atoms with Crippen molar-refractivity contribution in [3.05, 3.63) is 30.0 Å². The first-order chi connectivity index (χ1) is 13.3. The van der Waals surface area contributed by atoms with Crippen LogP contribution in [0.5, 0.6) is 11.5 Å². The molecule has 1 fully saturated rings. The highest BCUT2D eigenvalue weighted by Crippen LogP contribution is 2.30. The van der Waals surface area contributed by atoms with Crippen molar-refractivity contribution >= 4 is 23.4 Å². The Kier molecular flexibility index (Phi) is 5.55. The van der Waals surface area contributed by atoms with Crippen molar-refractivity contribution in [2.75, 3.05) is 43.3 Å². The van der Waals surface area contributed by atoms with E-state index in [0.29, 0.717) is 23.1 Å². The van der Waals surface area contributed by atoms with E-state index >= 15 is 0 Å². The maximum atomic E-state index is 12.6. The van der Waals surface area contributed by atoms with Crippen molar-refractivity contribution < 1.29 is 14.3 Å². The number of piperidine rings is 1. The smallest absolute Gasteiger partial charge is 0.260 e. The molecule has 5 N–H and O–H groups in total. The molecule has 0 aliphatic carbocycles. The van der Waals surface area contributed by atoms with Gasteiger partial charge in [0.1, 0.15) is 11.4 Å². The number of amides is 1. The normalized spacial score (nSPS) is 15.8. The summed E-state index contributed by atoms with van der Waals surface area (Å²) in [6, 6.07) is 5.08. The second kappa shape index (κ2) is 7.89. The number of rotatable bonds is 5. The van der Waals surface area contributed by atoms with Gasteiger partial charge in [0.15, 0.2) is 11.5 Å². The summed E-state index contributed by atoms with van der Waals surface area (Å²) < 4.78 is 10.4. The summed E-state index contributed by atoms with van der Waals surface area (Å²) in [6.45, 7) is 3.55. The molecule has 0 unspecified atom stereocenters. The minimum Gasteiger partial charge on any atom is -0.493 e. The Morgan fingerprint density at radius 3 is 2.50 bits per heavy atom. The van der Waals surface area contributed by atoms with Crippen LogP contribution in [0, 0.1) is 0 Å². The molecule has 1 aromatic heterocycles. The summed E-state index contributed by atoms with van der Waals surface area (Å²) in [4.78, 5) is 23.3. The summed E-state index contributed by atoms with van der Waals surface area (Å²) >= 11 is 0. The predicted octanol–water partition coefficient (Wildman–Crippen LogP) is 1.65. The zero-order valence-corrected chi connectivity index (χ0v) is 16.4. The molecule has 0 bridgehead atoms. The summed E-state index contributed by atoms with van der Waals surface area (Å²) in [5.74, 6) is 1.32.